The van der Waals surface area contributed by atoms with Gasteiger partial charge in [0.2, 0.25) is 0 Å². The third-order valence-corrected chi connectivity index (χ3v) is 2.36. The minimum absolute atomic E-state index is 0.307. The van der Waals surface area contributed by atoms with Crippen LogP contribution in [0.25, 0.3) is 0 Å². The van der Waals surface area contributed by atoms with Gasteiger partial charge >= 0.3 is 0 Å². The van der Waals surface area contributed by atoms with Crippen molar-refractivity contribution in [3.63, 3.8) is 0 Å². The molecule has 0 spiro atoms. The second kappa shape index (κ2) is 14.8. The molecule has 0 amide bonds. The lowest BCUT2D eigenvalue weighted by atomic mass is 10.1. The molecule has 1 nitrogen and oxygen atoms in total. The first-order chi connectivity index (χ1) is 8.41. The Balaban J connectivity index is 3.41. The zero-order valence-corrected chi connectivity index (χ0v) is 11.0. The smallest absolute Gasteiger partial charge is 0.0431 e. The SMILES string of the molecule is CCCC/C=C\C#CC#CCCCCCCO. The van der Waals surface area contributed by atoms with Gasteiger partial charge in [-0.3, -0.25) is 0 Å². The summed E-state index contributed by atoms with van der Waals surface area (Å²) in [6.07, 6.45) is 12.8. The second-order valence-corrected chi connectivity index (χ2v) is 4.00. The highest BCUT2D eigenvalue weighted by Gasteiger charge is 1.85. The van der Waals surface area contributed by atoms with Gasteiger partial charge in [-0.1, -0.05) is 50.5 Å². The lowest BCUT2D eigenvalue weighted by Crippen LogP contribution is -1.82. The Labute approximate surface area is 106 Å². The summed E-state index contributed by atoms with van der Waals surface area (Å²) in [5.74, 6) is 11.6. The summed E-state index contributed by atoms with van der Waals surface area (Å²) >= 11 is 0. The van der Waals surface area contributed by atoms with Gasteiger partial charge in [0.05, 0.1) is 0 Å². The molecule has 0 aliphatic rings. The Morgan fingerprint density at radius 1 is 1.00 bits per heavy atom. The van der Waals surface area contributed by atoms with Gasteiger partial charge in [0.1, 0.15) is 0 Å². The minimum Gasteiger partial charge on any atom is -0.396 e. The van der Waals surface area contributed by atoms with E-state index in [-0.39, 0.29) is 0 Å². The van der Waals surface area contributed by atoms with Crippen molar-refractivity contribution in [2.75, 3.05) is 6.61 Å². The quantitative estimate of drug-likeness (QED) is 0.500. The third kappa shape index (κ3) is 14.8. The van der Waals surface area contributed by atoms with Crippen LogP contribution in [-0.4, -0.2) is 11.7 Å². The fourth-order valence-corrected chi connectivity index (χ4v) is 1.33. The average Bonchev–Trinajstić information content (AvgIpc) is 2.35. The number of hydrogen-bond acceptors (Lipinski definition) is 1. The van der Waals surface area contributed by atoms with E-state index in [0.29, 0.717) is 6.61 Å². The van der Waals surface area contributed by atoms with Crippen LogP contribution in [0, 0.1) is 23.7 Å². The van der Waals surface area contributed by atoms with E-state index in [1.165, 1.54) is 12.8 Å². The number of allylic oxidation sites excluding steroid dienone is 2. The maximum absolute atomic E-state index is 8.59. The molecule has 0 saturated heterocycles. The van der Waals surface area contributed by atoms with Crippen LogP contribution < -0.4 is 0 Å². The molecule has 94 valence electrons. The summed E-state index contributed by atoms with van der Waals surface area (Å²) in [5.41, 5.74) is 0. The lowest BCUT2D eigenvalue weighted by molar-refractivity contribution is 0.282. The van der Waals surface area contributed by atoms with Crippen molar-refractivity contribution in [3.8, 4) is 23.7 Å². The molecule has 0 heterocycles. The largest absolute Gasteiger partial charge is 0.396 e. The molecular weight excluding hydrogens is 208 g/mol. The average molecular weight is 232 g/mol. The number of unbranched alkanes of at least 4 members (excludes halogenated alkanes) is 6. The second-order valence-electron chi connectivity index (χ2n) is 4.00. The molecule has 1 heteroatoms. The van der Waals surface area contributed by atoms with E-state index in [4.69, 9.17) is 5.11 Å². The molecule has 0 unspecified atom stereocenters. The van der Waals surface area contributed by atoms with E-state index in [2.05, 4.69) is 36.7 Å². The van der Waals surface area contributed by atoms with Crippen molar-refractivity contribution in [2.45, 2.75) is 58.3 Å². The van der Waals surface area contributed by atoms with E-state index in [0.717, 1.165) is 38.5 Å². The van der Waals surface area contributed by atoms with Gasteiger partial charge in [0.15, 0.2) is 0 Å². The molecular formula is C16H24O. The minimum atomic E-state index is 0.307. The van der Waals surface area contributed by atoms with Gasteiger partial charge in [0, 0.05) is 13.0 Å². The molecule has 0 aromatic heterocycles. The molecule has 0 aliphatic carbocycles. The Morgan fingerprint density at radius 2 is 1.82 bits per heavy atom. The first-order valence-electron chi connectivity index (χ1n) is 6.66. The van der Waals surface area contributed by atoms with Crippen LogP contribution in [0.5, 0.6) is 0 Å². The Hall–Kier alpha value is -1.18. The van der Waals surface area contributed by atoms with Crippen molar-refractivity contribution < 1.29 is 5.11 Å². The van der Waals surface area contributed by atoms with Crippen LogP contribution in [0.2, 0.25) is 0 Å². The zero-order chi connectivity index (χ0) is 12.6. The van der Waals surface area contributed by atoms with E-state index in [9.17, 15) is 0 Å². The van der Waals surface area contributed by atoms with Crippen LogP contribution in [-0.2, 0) is 0 Å². The summed E-state index contributed by atoms with van der Waals surface area (Å²) in [7, 11) is 0. The number of hydrogen-bond donors (Lipinski definition) is 1. The number of aliphatic hydroxyl groups is 1. The molecule has 17 heavy (non-hydrogen) atoms. The highest BCUT2D eigenvalue weighted by atomic mass is 16.2. The Kier molecular flexibility index (Phi) is 13.8. The summed E-state index contributed by atoms with van der Waals surface area (Å²) in [6, 6.07) is 0. The summed E-state index contributed by atoms with van der Waals surface area (Å²) in [6.45, 7) is 2.49. The summed E-state index contributed by atoms with van der Waals surface area (Å²) < 4.78 is 0. The van der Waals surface area contributed by atoms with Crippen LogP contribution in [0.15, 0.2) is 12.2 Å². The first-order valence-corrected chi connectivity index (χ1v) is 6.66. The van der Waals surface area contributed by atoms with Crippen molar-refractivity contribution in [3.05, 3.63) is 12.2 Å². The Morgan fingerprint density at radius 3 is 2.59 bits per heavy atom. The van der Waals surface area contributed by atoms with Crippen LogP contribution in [0.1, 0.15) is 58.3 Å². The van der Waals surface area contributed by atoms with Gasteiger partial charge in [-0.2, -0.15) is 0 Å². The van der Waals surface area contributed by atoms with Crippen LogP contribution >= 0.6 is 0 Å². The predicted molar refractivity (Wildman–Crippen MR) is 74.4 cm³/mol. The molecule has 0 rings (SSSR count). The van der Waals surface area contributed by atoms with E-state index >= 15 is 0 Å². The maximum Gasteiger partial charge on any atom is 0.0431 e. The number of rotatable bonds is 8. The van der Waals surface area contributed by atoms with Crippen LogP contribution in [0.4, 0.5) is 0 Å². The molecule has 0 fully saturated rings. The fraction of sp³-hybridized carbons (Fsp3) is 0.625. The highest BCUT2D eigenvalue weighted by Crippen LogP contribution is 2.00. The summed E-state index contributed by atoms with van der Waals surface area (Å²) in [5, 5.41) is 8.59. The first kappa shape index (κ1) is 15.8. The molecule has 1 N–H and O–H groups in total. The third-order valence-electron chi connectivity index (χ3n) is 2.36. The van der Waals surface area contributed by atoms with Gasteiger partial charge in [-0.05, 0) is 37.2 Å². The van der Waals surface area contributed by atoms with Gasteiger partial charge in [0.25, 0.3) is 0 Å². The molecule has 0 saturated carbocycles. The topological polar surface area (TPSA) is 20.2 Å². The van der Waals surface area contributed by atoms with Crippen molar-refractivity contribution in [2.24, 2.45) is 0 Å². The van der Waals surface area contributed by atoms with Gasteiger partial charge < -0.3 is 5.11 Å². The number of aliphatic hydroxyl groups excluding tert-OH is 1. The lowest BCUT2D eigenvalue weighted by Gasteiger charge is -1.93. The predicted octanol–water partition coefficient (Wildman–Crippen LogP) is 3.68. The molecule has 0 radical (unpaired) electrons. The molecule has 0 aromatic rings. The molecule has 0 aromatic carbocycles. The van der Waals surface area contributed by atoms with E-state index in [1.54, 1.807) is 0 Å². The summed E-state index contributed by atoms with van der Waals surface area (Å²) in [4.78, 5) is 0. The van der Waals surface area contributed by atoms with Crippen molar-refractivity contribution >= 4 is 0 Å². The van der Waals surface area contributed by atoms with Crippen molar-refractivity contribution in [1.29, 1.82) is 0 Å². The van der Waals surface area contributed by atoms with Gasteiger partial charge in [-0.15, -0.1) is 0 Å². The zero-order valence-electron chi connectivity index (χ0n) is 11.0. The standard InChI is InChI=1S/C16H24O/c1-2-3-4-5-6-7-8-9-10-11-12-13-14-15-16-17/h5-6,17H,2-4,11-16H2,1H3/b6-5-. The van der Waals surface area contributed by atoms with Crippen LogP contribution in [0.3, 0.4) is 0 Å². The normalized spacial score (nSPS) is 9.53. The maximum atomic E-state index is 8.59. The van der Waals surface area contributed by atoms with E-state index in [1.807, 2.05) is 6.08 Å². The Bertz CT molecular complexity index is 293. The fourth-order valence-electron chi connectivity index (χ4n) is 1.33. The molecule has 0 atom stereocenters. The highest BCUT2D eigenvalue weighted by molar-refractivity contribution is 5.30. The van der Waals surface area contributed by atoms with E-state index < -0.39 is 0 Å². The molecule has 0 bridgehead atoms. The van der Waals surface area contributed by atoms with Gasteiger partial charge in [-0.25, -0.2) is 0 Å². The van der Waals surface area contributed by atoms with Crippen molar-refractivity contribution in [1.82, 2.24) is 0 Å². The monoisotopic (exact) mass is 232 g/mol. The molecule has 0 aliphatic heterocycles.